The highest BCUT2D eigenvalue weighted by molar-refractivity contribution is 7.99. The lowest BCUT2D eigenvalue weighted by Crippen LogP contribution is -2.44. The summed E-state index contributed by atoms with van der Waals surface area (Å²) >= 11 is 6.45. The first-order valence-corrected chi connectivity index (χ1v) is 9.39. The van der Waals surface area contributed by atoms with Gasteiger partial charge < -0.3 is 9.64 Å². The van der Waals surface area contributed by atoms with Crippen molar-refractivity contribution in [1.29, 1.82) is 0 Å². The van der Waals surface area contributed by atoms with Crippen molar-refractivity contribution in [3.8, 4) is 5.75 Å². The second kappa shape index (κ2) is 8.68. The van der Waals surface area contributed by atoms with Crippen molar-refractivity contribution < 1.29 is 18.3 Å². The zero-order valence-corrected chi connectivity index (χ0v) is 15.4. The van der Waals surface area contributed by atoms with Crippen molar-refractivity contribution in [3.63, 3.8) is 0 Å². The first-order valence-electron chi connectivity index (χ1n) is 8.14. The van der Waals surface area contributed by atoms with Crippen LogP contribution in [-0.4, -0.2) is 40.7 Å². The molecule has 0 saturated carbocycles. The van der Waals surface area contributed by atoms with E-state index in [0.29, 0.717) is 41.2 Å². The maximum atomic E-state index is 12.8. The first kappa shape index (κ1) is 18.9. The number of likely N-dealkylation sites (tertiary alicyclic amines) is 1. The molecule has 1 aromatic carbocycles. The van der Waals surface area contributed by atoms with Gasteiger partial charge in [-0.1, -0.05) is 35.5 Å². The van der Waals surface area contributed by atoms with Gasteiger partial charge in [0.05, 0.1) is 12.1 Å². The average molecular weight is 399 g/mol. The molecule has 1 aliphatic heterocycles. The van der Waals surface area contributed by atoms with Crippen LogP contribution in [0.25, 0.3) is 0 Å². The molecule has 26 heavy (non-hydrogen) atoms. The van der Waals surface area contributed by atoms with Crippen LogP contribution in [0.3, 0.4) is 0 Å². The zero-order chi connectivity index (χ0) is 18.5. The van der Waals surface area contributed by atoms with Crippen LogP contribution in [0.5, 0.6) is 5.75 Å². The normalized spacial score (nSPS) is 17.4. The van der Waals surface area contributed by atoms with Gasteiger partial charge in [0.1, 0.15) is 16.9 Å². The van der Waals surface area contributed by atoms with E-state index in [0.717, 1.165) is 12.8 Å². The Hall–Kier alpha value is -1.86. The van der Waals surface area contributed by atoms with E-state index in [9.17, 15) is 13.6 Å². The standard InChI is InChI=1S/C18H17ClF2N2O2S/c19-14-10-22-8-7-15(14)25-12-4-3-9-23(11-12)17(24)13-5-1-2-6-16(13)26-18(20)21/h1-2,5-8,10,12,18H,3-4,9,11H2/t12-/m0/s1. The van der Waals surface area contributed by atoms with Gasteiger partial charge in [0, 0.05) is 29.9 Å². The van der Waals surface area contributed by atoms with Crippen LogP contribution in [0.15, 0.2) is 47.6 Å². The predicted octanol–water partition coefficient (Wildman–Crippen LogP) is 4.73. The van der Waals surface area contributed by atoms with Crippen LogP contribution in [0.2, 0.25) is 5.02 Å². The lowest BCUT2D eigenvalue weighted by atomic mass is 10.1. The number of thioether (sulfide) groups is 1. The number of nitrogens with zero attached hydrogens (tertiary/aromatic N) is 2. The first-order chi connectivity index (χ1) is 12.5. The van der Waals surface area contributed by atoms with Gasteiger partial charge in [-0.05, 0) is 25.0 Å². The van der Waals surface area contributed by atoms with Gasteiger partial charge >= 0.3 is 0 Å². The number of alkyl halides is 2. The lowest BCUT2D eigenvalue weighted by molar-refractivity contribution is 0.0535. The van der Waals surface area contributed by atoms with Crippen LogP contribution in [0.1, 0.15) is 23.2 Å². The molecule has 1 atom stereocenters. The van der Waals surface area contributed by atoms with Gasteiger partial charge in [0.25, 0.3) is 11.7 Å². The summed E-state index contributed by atoms with van der Waals surface area (Å²) in [6, 6.07) is 8.13. The number of aromatic nitrogens is 1. The third-order valence-corrected chi connectivity index (χ3v) is 5.10. The number of benzene rings is 1. The topological polar surface area (TPSA) is 42.4 Å². The van der Waals surface area contributed by atoms with E-state index in [1.807, 2.05) is 0 Å². The Morgan fingerprint density at radius 2 is 2.15 bits per heavy atom. The summed E-state index contributed by atoms with van der Waals surface area (Å²) in [4.78, 5) is 18.7. The number of rotatable bonds is 5. The van der Waals surface area contributed by atoms with Crippen LogP contribution >= 0.6 is 23.4 Å². The number of ether oxygens (including phenoxy) is 1. The highest BCUT2D eigenvalue weighted by atomic mass is 35.5. The Balaban J connectivity index is 1.72. The molecular weight excluding hydrogens is 382 g/mol. The summed E-state index contributed by atoms with van der Waals surface area (Å²) in [5.41, 5.74) is 0.292. The smallest absolute Gasteiger partial charge is 0.288 e. The molecule has 0 unspecified atom stereocenters. The van der Waals surface area contributed by atoms with Crippen molar-refractivity contribution in [2.45, 2.75) is 29.6 Å². The van der Waals surface area contributed by atoms with Crippen molar-refractivity contribution >= 4 is 29.3 Å². The Morgan fingerprint density at radius 3 is 2.92 bits per heavy atom. The molecule has 0 aliphatic carbocycles. The number of halogens is 3. The van der Waals surface area contributed by atoms with Crippen molar-refractivity contribution in [2.75, 3.05) is 13.1 Å². The molecule has 3 rings (SSSR count). The summed E-state index contributed by atoms with van der Waals surface area (Å²) in [5.74, 6) is -2.31. The fraction of sp³-hybridized carbons (Fsp3) is 0.333. The molecule has 8 heteroatoms. The second-order valence-electron chi connectivity index (χ2n) is 5.81. The molecule has 0 bridgehead atoms. The largest absolute Gasteiger partial charge is 0.487 e. The summed E-state index contributed by atoms with van der Waals surface area (Å²) in [5, 5.41) is 0.412. The highest BCUT2D eigenvalue weighted by Crippen LogP contribution is 2.30. The minimum absolute atomic E-state index is 0.206. The third-order valence-electron chi connectivity index (χ3n) is 4.03. The lowest BCUT2D eigenvalue weighted by Gasteiger charge is -2.33. The summed E-state index contributed by atoms with van der Waals surface area (Å²) in [7, 11) is 0. The molecule has 2 heterocycles. The molecule has 1 aromatic heterocycles. The molecule has 1 amide bonds. The molecule has 0 spiro atoms. The molecule has 0 N–H and O–H groups in total. The molecule has 0 radical (unpaired) electrons. The predicted molar refractivity (Wildman–Crippen MR) is 97.1 cm³/mol. The maximum absolute atomic E-state index is 12.8. The fourth-order valence-electron chi connectivity index (χ4n) is 2.87. The van der Waals surface area contributed by atoms with Crippen LogP contribution in [-0.2, 0) is 0 Å². The summed E-state index contributed by atoms with van der Waals surface area (Å²) in [6.45, 7) is 0.946. The van der Waals surface area contributed by atoms with Crippen molar-refractivity contribution in [3.05, 3.63) is 53.3 Å². The summed E-state index contributed by atoms with van der Waals surface area (Å²) < 4.78 is 31.4. The SMILES string of the molecule is O=C(c1ccccc1SC(F)F)N1CCC[C@H](Oc2ccncc2Cl)C1. The average Bonchev–Trinajstić information content (AvgIpc) is 2.63. The van der Waals surface area contributed by atoms with Gasteiger partial charge in [-0.25, -0.2) is 0 Å². The van der Waals surface area contributed by atoms with Gasteiger partial charge in [0.2, 0.25) is 0 Å². The van der Waals surface area contributed by atoms with Gasteiger partial charge in [-0.15, -0.1) is 0 Å². The zero-order valence-electron chi connectivity index (χ0n) is 13.8. The van der Waals surface area contributed by atoms with Crippen molar-refractivity contribution in [2.24, 2.45) is 0 Å². The van der Waals surface area contributed by atoms with Gasteiger partial charge in [0.15, 0.2) is 0 Å². The van der Waals surface area contributed by atoms with Gasteiger partial charge in [-0.2, -0.15) is 8.78 Å². The number of amides is 1. The number of hydrogen-bond donors (Lipinski definition) is 0. The maximum Gasteiger partial charge on any atom is 0.288 e. The monoisotopic (exact) mass is 398 g/mol. The molecule has 1 aliphatic rings. The Morgan fingerprint density at radius 1 is 1.35 bits per heavy atom. The molecule has 138 valence electrons. The van der Waals surface area contributed by atoms with E-state index in [1.165, 1.54) is 6.20 Å². The van der Waals surface area contributed by atoms with Gasteiger partial charge in [-0.3, -0.25) is 9.78 Å². The summed E-state index contributed by atoms with van der Waals surface area (Å²) in [6.07, 6.45) is 4.44. The van der Waals surface area contributed by atoms with Crippen molar-refractivity contribution in [1.82, 2.24) is 9.88 Å². The molecule has 1 fully saturated rings. The number of pyridine rings is 1. The molecular formula is C18H17ClF2N2O2S. The van der Waals surface area contributed by atoms with E-state index in [2.05, 4.69) is 4.98 Å². The fourth-order valence-corrected chi connectivity index (χ4v) is 3.66. The number of carbonyl (C=O) groups is 1. The van der Waals surface area contributed by atoms with Crippen LogP contribution in [0, 0.1) is 0 Å². The van der Waals surface area contributed by atoms with E-state index in [1.54, 1.807) is 41.4 Å². The van der Waals surface area contributed by atoms with Crippen LogP contribution < -0.4 is 4.74 Å². The minimum atomic E-state index is -2.57. The van der Waals surface area contributed by atoms with Crippen LogP contribution in [0.4, 0.5) is 8.78 Å². The minimum Gasteiger partial charge on any atom is -0.487 e. The number of carbonyl (C=O) groups excluding carboxylic acids is 1. The molecule has 4 nitrogen and oxygen atoms in total. The number of piperidine rings is 1. The molecule has 2 aromatic rings. The van der Waals surface area contributed by atoms with E-state index >= 15 is 0 Å². The highest BCUT2D eigenvalue weighted by Gasteiger charge is 2.27. The second-order valence-corrected chi connectivity index (χ2v) is 7.25. The molecule has 1 saturated heterocycles. The quantitative estimate of drug-likeness (QED) is 0.682. The third kappa shape index (κ3) is 4.65. The van der Waals surface area contributed by atoms with E-state index in [-0.39, 0.29) is 16.9 Å². The number of hydrogen-bond acceptors (Lipinski definition) is 4. The Labute approximate surface area is 159 Å². The Kier molecular flexibility index (Phi) is 6.32. The van der Waals surface area contributed by atoms with E-state index in [4.69, 9.17) is 16.3 Å². The Bertz CT molecular complexity index is 778. The van der Waals surface area contributed by atoms with E-state index < -0.39 is 5.76 Å².